The minimum Gasteiger partial charge on any atom is -0.309 e. The second kappa shape index (κ2) is 20.1. The molecule has 0 radical (unpaired) electrons. The number of hydrogen-bond acceptors (Lipinski definition) is 4. The molecule has 0 fully saturated rings. The van der Waals surface area contributed by atoms with Crippen molar-refractivity contribution in [1.29, 1.82) is 21.0 Å². The van der Waals surface area contributed by atoms with Gasteiger partial charge in [-0.1, -0.05) is 66.7 Å². The van der Waals surface area contributed by atoms with Gasteiger partial charge in [0.15, 0.2) is 22.7 Å². The van der Waals surface area contributed by atoms with Gasteiger partial charge in [-0.25, -0.2) is 19.4 Å². The second-order valence-electron chi connectivity index (χ2n) is 19.8. The van der Waals surface area contributed by atoms with E-state index in [-0.39, 0.29) is 28.2 Å². The average molecular weight is 1070 g/mol. The highest BCUT2D eigenvalue weighted by Crippen LogP contribution is 2.45. The highest BCUT2D eigenvalue weighted by molar-refractivity contribution is 6.13. The third kappa shape index (κ3) is 9.01. The predicted molar refractivity (Wildman–Crippen MR) is 316 cm³/mol. The molecule has 13 heteroatoms. The van der Waals surface area contributed by atoms with E-state index in [1.54, 1.807) is 77.4 Å². The van der Waals surface area contributed by atoms with Gasteiger partial charge >= 0.3 is 6.18 Å². The van der Waals surface area contributed by atoms with Gasteiger partial charge in [0.2, 0.25) is 0 Å². The molecule has 2 heterocycles. The maximum Gasteiger partial charge on any atom is 0.418 e. The summed E-state index contributed by atoms with van der Waals surface area (Å²) in [7, 11) is 0. The fourth-order valence-electron chi connectivity index (χ4n) is 11.1. The Bertz CT molecular complexity index is 4820. The lowest BCUT2D eigenvalue weighted by molar-refractivity contribution is -0.137. The van der Waals surface area contributed by atoms with Crippen molar-refractivity contribution in [2.24, 2.45) is 0 Å². The number of rotatable bonds is 7. The number of nitrogens with zero attached hydrogens (tertiary/aromatic N) is 10. The van der Waals surface area contributed by atoms with Crippen LogP contribution in [0.4, 0.5) is 35.9 Å². The molecule has 384 valence electrons. The van der Waals surface area contributed by atoms with Gasteiger partial charge in [-0.3, -0.25) is 0 Å². The normalized spacial score (nSPS) is 11.0. The third-order valence-corrected chi connectivity index (χ3v) is 14.9. The number of halogens is 3. The van der Waals surface area contributed by atoms with Crippen LogP contribution in [-0.2, 0) is 6.18 Å². The molecular formula is C70H33F3N10. The van der Waals surface area contributed by atoms with Gasteiger partial charge in [0.1, 0.15) is 0 Å². The third-order valence-electron chi connectivity index (χ3n) is 14.9. The van der Waals surface area contributed by atoms with E-state index in [4.69, 9.17) is 26.3 Å². The van der Waals surface area contributed by atoms with Gasteiger partial charge in [0, 0.05) is 49.5 Å². The first-order chi connectivity index (χ1) is 40.2. The molecule has 0 unspecified atom stereocenters. The Hall–Kier alpha value is -12.5. The molecule has 0 N–H and O–H groups in total. The van der Waals surface area contributed by atoms with Gasteiger partial charge in [0.05, 0.1) is 83.9 Å². The van der Waals surface area contributed by atoms with Crippen LogP contribution < -0.4 is 0 Å². The number of aromatic nitrogens is 2. The summed E-state index contributed by atoms with van der Waals surface area (Å²) in [5.41, 5.74) is 10.7. The maximum absolute atomic E-state index is 15.9. The van der Waals surface area contributed by atoms with Gasteiger partial charge in [-0.2, -0.15) is 34.2 Å². The van der Waals surface area contributed by atoms with Crippen molar-refractivity contribution in [3.05, 3.63) is 261 Å². The first-order valence-corrected chi connectivity index (χ1v) is 25.4. The largest absolute Gasteiger partial charge is 0.418 e. The number of hydrogen-bond donors (Lipinski definition) is 0. The molecule has 10 aromatic carbocycles. The van der Waals surface area contributed by atoms with Crippen molar-refractivity contribution in [2.45, 2.75) is 13.1 Å². The smallest absolute Gasteiger partial charge is 0.309 e. The topological polar surface area (TPSA) is 122 Å². The summed E-state index contributed by atoms with van der Waals surface area (Å²) in [5.74, 6) is 0. The molecule has 12 aromatic rings. The van der Waals surface area contributed by atoms with Crippen LogP contribution >= 0.6 is 0 Å². The molecule has 0 amide bonds. The molecule has 0 spiro atoms. The Morgan fingerprint density at radius 2 is 0.614 bits per heavy atom. The van der Waals surface area contributed by atoms with Gasteiger partial charge in [0.25, 0.3) is 0 Å². The molecule has 12 rings (SSSR count). The zero-order valence-electron chi connectivity index (χ0n) is 43.4. The van der Waals surface area contributed by atoms with E-state index < -0.39 is 11.7 Å². The standard InChI is InChI=1S/C70H33F3N10/c1-40-6-7-45(30-64(40)82-65-31-47(51-18-41(36-74)22-55(26-51)78-2)8-13-59(65)60-14-9-48(32-66(60)82)52-19-42(37-75)23-56(27-52)79-3)46-12-17-63(70(71,72)73)69(35-46)83-67-33-49(53-20-43(38-76)24-57(28-53)80-4)10-15-61(67)62-16-11-50(34-68(62)83)54-21-44(39-77)25-58(29-54)81-5/h6-35H,1H3. The highest BCUT2D eigenvalue weighted by atomic mass is 19.4. The van der Waals surface area contributed by atoms with Crippen LogP contribution in [0.3, 0.4) is 0 Å². The number of benzene rings is 10. The SMILES string of the molecule is [C-]#[N+]c1cc(C#N)cc(-c2ccc3c4ccc(-c5cc(C#N)cc([N+]#[C-])c5)cc4n(-c4cc(-c5ccc(C(F)(F)F)c(-n6c7cc(-c8cc(C#N)cc([N+]#[C-])c8)ccc7c7ccc(-c8cc(C#N)cc([N+]#[C-])c8)cc76)c5)ccc4C)c3c2)c1. The van der Waals surface area contributed by atoms with Crippen molar-refractivity contribution in [2.75, 3.05) is 0 Å². The molecule has 0 bridgehead atoms. The molecular weight excluding hydrogens is 1040 g/mol. The molecule has 0 saturated carbocycles. The maximum atomic E-state index is 15.9. The first kappa shape index (κ1) is 51.3. The molecule has 0 aliphatic rings. The summed E-state index contributed by atoms with van der Waals surface area (Å²) in [6.07, 6.45) is -4.87. The van der Waals surface area contributed by atoms with Crippen LogP contribution in [0.15, 0.2) is 182 Å². The van der Waals surface area contributed by atoms with E-state index in [1.807, 2.05) is 73.7 Å². The molecule has 0 atom stereocenters. The molecule has 83 heavy (non-hydrogen) atoms. The lowest BCUT2D eigenvalue weighted by Gasteiger charge is -2.19. The van der Waals surface area contributed by atoms with Crippen molar-refractivity contribution in [1.82, 2.24) is 9.13 Å². The van der Waals surface area contributed by atoms with Crippen LogP contribution in [0.2, 0.25) is 0 Å². The first-order valence-electron chi connectivity index (χ1n) is 25.4. The molecule has 10 nitrogen and oxygen atoms in total. The number of fused-ring (bicyclic) bond motifs is 6. The van der Waals surface area contributed by atoms with Crippen molar-refractivity contribution < 1.29 is 13.2 Å². The summed E-state index contributed by atoms with van der Waals surface area (Å²) in [4.78, 5) is 14.4. The average Bonchev–Trinajstić information content (AvgIpc) is 3.79. The van der Waals surface area contributed by atoms with Crippen LogP contribution in [-0.4, -0.2) is 9.13 Å². The summed E-state index contributed by atoms with van der Waals surface area (Å²) in [6.45, 7) is 33.0. The lowest BCUT2D eigenvalue weighted by atomic mass is 9.99. The van der Waals surface area contributed by atoms with Gasteiger partial charge in [-0.15, -0.1) is 0 Å². The molecule has 0 saturated heterocycles. The fourth-order valence-corrected chi connectivity index (χ4v) is 11.1. The monoisotopic (exact) mass is 1070 g/mol. The minimum atomic E-state index is -4.87. The van der Waals surface area contributed by atoms with Gasteiger partial charge in [-0.05, 0) is 183 Å². The quantitative estimate of drug-likeness (QED) is 0.148. The Kier molecular flexibility index (Phi) is 12.4. The van der Waals surface area contributed by atoms with Crippen molar-refractivity contribution >= 4 is 66.4 Å². The second-order valence-corrected chi connectivity index (χ2v) is 19.8. The van der Waals surface area contributed by atoms with Gasteiger partial charge < -0.3 is 9.13 Å². The molecule has 0 aliphatic carbocycles. The zero-order chi connectivity index (χ0) is 57.8. The Labute approximate surface area is 473 Å². The van der Waals surface area contributed by atoms with E-state index >= 15 is 13.2 Å². The van der Waals surface area contributed by atoms with E-state index in [9.17, 15) is 21.0 Å². The van der Waals surface area contributed by atoms with Crippen LogP contribution in [0.5, 0.6) is 0 Å². The fraction of sp³-hybridized carbons (Fsp3) is 0.0286. The minimum absolute atomic E-state index is 0.199. The highest BCUT2D eigenvalue weighted by Gasteiger charge is 2.35. The summed E-state index contributed by atoms with van der Waals surface area (Å²) in [5, 5.41) is 42.6. The number of aryl methyl sites for hydroxylation is 1. The number of alkyl halides is 3. The van der Waals surface area contributed by atoms with Crippen LogP contribution in [0.1, 0.15) is 33.4 Å². The summed E-state index contributed by atoms with van der Waals surface area (Å²) in [6, 6.07) is 60.2. The molecule has 2 aromatic heterocycles. The van der Waals surface area contributed by atoms with E-state index in [2.05, 4.69) is 48.2 Å². The van der Waals surface area contributed by atoms with Crippen LogP contribution in [0, 0.1) is 78.5 Å². The van der Waals surface area contributed by atoms with E-state index in [0.29, 0.717) is 94.5 Å². The van der Waals surface area contributed by atoms with Crippen molar-refractivity contribution in [3.8, 4) is 91.3 Å². The predicted octanol–water partition coefficient (Wildman–Crippen LogP) is 19.2. The van der Waals surface area contributed by atoms with Crippen LogP contribution in [0.25, 0.3) is 130 Å². The van der Waals surface area contributed by atoms with E-state index in [1.165, 1.54) is 36.4 Å². The Morgan fingerprint density at radius 3 is 0.916 bits per heavy atom. The lowest BCUT2D eigenvalue weighted by Crippen LogP contribution is -2.11. The zero-order valence-corrected chi connectivity index (χ0v) is 43.4. The summed E-state index contributed by atoms with van der Waals surface area (Å²) < 4.78 is 51.3. The Balaban J connectivity index is 1.12. The number of nitriles is 4. The molecule has 0 aliphatic heterocycles. The van der Waals surface area contributed by atoms with E-state index in [0.717, 1.165) is 44.6 Å². The summed E-state index contributed by atoms with van der Waals surface area (Å²) >= 11 is 0. The van der Waals surface area contributed by atoms with Crippen molar-refractivity contribution in [3.63, 3.8) is 0 Å². The Morgan fingerprint density at radius 1 is 0.337 bits per heavy atom.